The lowest BCUT2D eigenvalue weighted by Gasteiger charge is -2.28. The van der Waals surface area contributed by atoms with Crippen molar-refractivity contribution in [1.82, 2.24) is 9.97 Å². The molecule has 0 aromatic carbocycles. The van der Waals surface area contributed by atoms with Gasteiger partial charge in [-0.25, -0.2) is 18.4 Å². The summed E-state index contributed by atoms with van der Waals surface area (Å²) in [6.07, 6.45) is 4.65. The molecule has 0 amide bonds. The number of anilines is 1. The van der Waals surface area contributed by atoms with Crippen molar-refractivity contribution in [1.29, 1.82) is 0 Å². The Hall–Kier alpha value is -2.82. The molecule has 3 aromatic rings. The number of nitrogens with two attached hydrogens (primary N) is 1. The molecular weight excluding hydrogens is 484 g/mol. The minimum absolute atomic E-state index is 0.00415. The average molecular weight is 517 g/mol. The Kier molecular flexibility index (Phi) is 8.30. The molecule has 35 heavy (non-hydrogen) atoms. The number of pyridine rings is 2. The molecule has 1 unspecified atom stereocenters. The zero-order chi connectivity index (χ0) is 25.7. The number of carboxylic acids is 1. The predicted octanol–water partition coefficient (Wildman–Crippen LogP) is 4.33. The van der Waals surface area contributed by atoms with Crippen LogP contribution in [0, 0.1) is 0 Å². The third-order valence-electron chi connectivity index (χ3n) is 5.92. The summed E-state index contributed by atoms with van der Waals surface area (Å²) in [5.41, 5.74) is 6.83. The Balaban J connectivity index is 2.06. The van der Waals surface area contributed by atoms with Gasteiger partial charge in [0.2, 0.25) is 9.84 Å². The Labute approximate surface area is 210 Å². The van der Waals surface area contributed by atoms with Gasteiger partial charge in [-0.3, -0.25) is 4.79 Å². The first-order chi connectivity index (χ1) is 16.5. The van der Waals surface area contributed by atoms with Crippen LogP contribution in [0.15, 0.2) is 59.8 Å². The van der Waals surface area contributed by atoms with Crippen LogP contribution in [0.25, 0.3) is 0 Å². The van der Waals surface area contributed by atoms with Crippen LogP contribution in [0.4, 0.5) is 5.82 Å². The Bertz CT molecular complexity index is 1260. The van der Waals surface area contributed by atoms with Gasteiger partial charge in [-0.2, -0.15) is 0 Å². The molecule has 3 rings (SSSR count). The third kappa shape index (κ3) is 6.06. The summed E-state index contributed by atoms with van der Waals surface area (Å²) < 4.78 is 27.7. The maximum absolute atomic E-state index is 13.8. The van der Waals surface area contributed by atoms with Gasteiger partial charge in [0, 0.05) is 22.4 Å². The van der Waals surface area contributed by atoms with E-state index in [9.17, 15) is 13.2 Å². The van der Waals surface area contributed by atoms with Gasteiger partial charge in [0.05, 0.1) is 5.69 Å². The molecule has 188 valence electrons. The van der Waals surface area contributed by atoms with E-state index in [1.165, 1.54) is 17.1 Å². The van der Waals surface area contributed by atoms with Gasteiger partial charge in [0.1, 0.15) is 12.4 Å². The number of nitrogens with zero attached hydrogens (tertiary/aromatic N) is 2. The van der Waals surface area contributed by atoms with Crippen LogP contribution in [-0.2, 0) is 31.3 Å². The largest absolute Gasteiger partial charge is 0.480 e. The van der Waals surface area contributed by atoms with Crippen molar-refractivity contribution in [2.24, 2.45) is 5.73 Å². The second-order valence-corrected chi connectivity index (χ2v) is 12.5. The van der Waals surface area contributed by atoms with E-state index >= 15 is 0 Å². The van der Waals surface area contributed by atoms with Crippen LogP contribution in [0.3, 0.4) is 0 Å². The lowest BCUT2D eigenvalue weighted by Crippen LogP contribution is -2.47. The van der Waals surface area contributed by atoms with Crippen LogP contribution in [0.2, 0.25) is 0 Å². The second kappa shape index (κ2) is 10.8. The van der Waals surface area contributed by atoms with E-state index < -0.39 is 20.7 Å². The monoisotopic (exact) mass is 516 g/mol. The molecular formula is C25H32N4O4S2. The summed E-state index contributed by atoms with van der Waals surface area (Å²) in [4.78, 5) is 19.5. The van der Waals surface area contributed by atoms with Gasteiger partial charge >= 0.3 is 5.97 Å². The van der Waals surface area contributed by atoms with Crippen molar-refractivity contribution >= 4 is 33.0 Å². The number of unbranched alkanes of at least 4 members (excludes halogenated alkanes) is 1. The van der Waals surface area contributed by atoms with E-state index in [0.717, 1.165) is 24.1 Å². The smallest absolute Gasteiger partial charge is 0.322 e. The van der Waals surface area contributed by atoms with Crippen LogP contribution < -0.4 is 11.1 Å². The fourth-order valence-electron chi connectivity index (χ4n) is 3.79. The van der Waals surface area contributed by atoms with E-state index in [1.807, 2.05) is 12.1 Å². The molecule has 1 atom stereocenters. The van der Waals surface area contributed by atoms with Crippen molar-refractivity contribution < 1.29 is 18.3 Å². The predicted molar refractivity (Wildman–Crippen MR) is 138 cm³/mol. The number of hydrogen-bond donors (Lipinski definition) is 3. The summed E-state index contributed by atoms with van der Waals surface area (Å²) in [7, 11) is -4.17. The van der Waals surface area contributed by atoms with E-state index in [0.29, 0.717) is 0 Å². The molecule has 0 aliphatic heterocycles. The molecule has 8 nitrogen and oxygen atoms in total. The highest BCUT2D eigenvalue weighted by Gasteiger charge is 2.46. The molecule has 3 heterocycles. The number of aromatic nitrogens is 2. The second-order valence-electron chi connectivity index (χ2n) is 9.15. The Morgan fingerprint density at radius 2 is 1.91 bits per heavy atom. The fraction of sp³-hybridized carbons (Fsp3) is 0.400. The molecule has 0 saturated carbocycles. The lowest BCUT2D eigenvalue weighted by molar-refractivity contribution is -0.134. The summed E-state index contributed by atoms with van der Waals surface area (Å²) in [5.74, 6) is -0.836. The van der Waals surface area contributed by atoms with Crippen LogP contribution >= 0.6 is 11.3 Å². The highest BCUT2D eigenvalue weighted by Crippen LogP contribution is 2.38. The topological polar surface area (TPSA) is 135 Å². The number of carboxylic acid groups (broad SMARTS) is 1. The van der Waals surface area contributed by atoms with Crippen LogP contribution in [0.1, 0.15) is 55.5 Å². The first-order valence-corrected chi connectivity index (χ1v) is 13.8. The number of nitrogens with one attached hydrogen (secondary N) is 1. The van der Waals surface area contributed by atoms with Crippen molar-refractivity contribution in [3.05, 3.63) is 70.2 Å². The van der Waals surface area contributed by atoms with Gasteiger partial charge in [-0.15, -0.1) is 11.3 Å². The zero-order valence-electron chi connectivity index (χ0n) is 20.2. The normalized spacial score (nSPS) is 13.8. The lowest BCUT2D eigenvalue weighted by atomic mass is 9.86. The molecule has 0 aliphatic rings. The van der Waals surface area contributed by atoms with Crippen molar-refractivity contribution in [2.75, 3.05) is 11.9 Å². The summed E-state index contributed by atoms with van der Waals surface area (Å²) in [6.45, 7) is 6.19. The number of aliphatic carboxylic acids is 1. The molecule has 0 bridgehead atoms. The molecule has 0 aliphatic carbocycles. The van der Waals surface area contributed by atoms with Gasteiger partial charge in [0.25, 0.3) is 0 Å². The number of thiophene rings is 1. The van der Waals surface area contributed by atoms with Gasteiger partial charge in [-0.05, 0) is 48.2 Å². The van der Waals surface area contributed by atoms with E-state index in [4.69, 9.17) is 10.8 Å². The summed E-state index contributed by atoms with van der Waals surface area (Å²) >= 11 is 1.56. The summed E-state index contributed by atoms with van der Waals surface area (Å²) in [5, 5.41) is 11.5. The van der Waals surface area contributed by atoms with Crippen LogP contribution in [-0.4, -0.2) is 36.0 Å². The zero-order valence-corrected chi connectivity index (χ0v) is 21.8. The van der Waals surface area contributed by atoms with Crippen molar-refractivity contribution in [2.45, 2.75) is 61.8 Å². The van der Waals surface area contributed by atoms with Crippen molar-refractivity contribution in [3.8, 4) is 0 Å². The number of carbonyl (C=O) groups is 1. The fourth-order valence-corrected chi connectivity index (χ4v) is 6.68. The minimum Gasteiger partial charge on any atom is -0.480 e. The Morgan fingerprint density at radius 3 is 2.57 bits per heavy atom. The summed E-state index contributed by atoms with van der Waals surface area (Å²) in [6, 6.07) is 13.3. The maximum Gasteiger partial charge on any atom is 0.322 e. The molecule has 0 spiro atoms. The van der Waals surface area contributed by atoms with Gasteiger partial charge in [-0.1, -0.05) is 45.7 Å². The van der Waals surface area contributed by atoms with Crippen molar-refractivity contribution in [3.63, 3.8) is 0 Å². The maximum atomic E-state index is 13.8. The van der Waals surface area contributed by atoms with Gasteiger partial charge in [0.15, 0.2) is 9.90 Å². The highest BCUT2D eigenvalue weighted by molar-refractivity contribution is 7.92. The van der Waals surface area contributed by atoms with Crippen LogP contribution in [0.5, 0.6) is 0 Å². The third-order valence-corrected chi connectivity index (χ3v) is 9.47. The quantitative estimate of drug-likeness (QED) is 0.324. The number of sulfone groups is 1. The first-order valence-electron chi connectivity index (χ1n) is 11.5. The highest BCUT2D eigenvalue weighted by atomic mass is 32.2. The Morgan fingerprint density at radius 1 is 1.14 bits per heavy atom. The number of rotatable bonds is 12. The first kappa shape index (κ1) is 26.8. The SMILES string of the molecule is CCCCC(C)(C)c1ccc(CC(N)(c2cccc(NCC(=O)O)n2)S(=O)(=O)c2ccccn2)s1. The van der Waals surface area contributed by atoms with Gasteiger partial charge < -0.3 is 16.2 Å². The minimum atomic E-state index is -4.17. The standard InChI is InChI=1S/C25H32N4O4S2/c1-4-5-14-24(2,3)20-13-12-18(34-20)16-25(26,35(32,33)22-11-6-7-15-27-22)19-9-8-10-21(29-19)28-17-23(30)31/h6-13,15H,4-5,14,16-17,26H2,1-3H3,(H,28,29)(H,30,31). The molecule has 3 aromatic heterocycles. The van der Waals surface area contributed by atoms with E-state index in [2.05, 4.69) is 36.1 Å². The molecule has 0 saturated heterocycles. The average Bonchev–Trinajstić information content (AvgIpc) is 3.31. The molecule has 0 fully saturated rings. The molecule has 10 heteroatoms. The van der Waals surface area contributed by atoms with E-state index in [-0.39, 0.29) is 34.9 Å². The van der Waals surface area contributed by atoms with E-state index in [1.54, 1.807) is 41.7 Å². The number of hydrogen-bond acceptors (Lipinski definition) is 8. The molecule has 4 N–H and O–H groups in total. The molecule has 0 radical (unpaired) electrons.